The van der Waals surface area contributed by atoms with Crippen molar-refractivity contribution in [3.63, 3.8) is 0 Å². The van der Waals surface area contributed by atoms with Crippen LogP contribution >= 0.6 is 0 Å². The molecular formula is C27H41N. The lowest BCUT2D eigenvalue weighted by atomic mass is 9.85. The van der Waals surface area contributed by atoms with Crippen LogP contribution in [0.3, 0.4) is 0 Å². The normalized spacial score (nSPS) is 11.1. The van der Waals surface area contributed by atoms with Gasteiger partial charge in [-0.05, 0) is 36.5 Å². The number of rotatable bonds is 6. The van der Waals surface area contributed by atoms with Gasteiger partial charge in [0.1, 0.15) is 0 Å². The van der Waals surface area contributed by atoms with E-state index in [9.17, 15) is 0 Å². The first-order valence-electron chi connectivity index (χ1n) is 9.87. The molecule has 0 saturated carbocycles. The van der Waals surface area contributed by atoms with E-state index in [1.165, 1.54) is 11.3 Å². The molecule has 1 heteroatoms. The third-order valence-electron chi connectivity index (χ3n) is 4.26. The Morgan fingerprint density at radius 2 is 1.50 bits per heavy atom. The Balaban J connectivity index is 0. The fourth-order valence-corrected chi connectivity index (χ4v) is 2.29. The zero-order chi connectivity index (χ0) is 22.3. The van der Waals surface area contributed by atoms with Gasteiger partial charge in [0.05, 0.1) is 0 Å². The van der Waals surface area contributed by atoms with E-state index < -0.39 is 0 Å². The minimum Gasteiger partial charge on any atom is -0.345 e. The van der Waals surface area contributed by atoms with Gasteiger partial charge in [0, 0.05) is 24.0 Å². The lowest BCUT2D eigenvalue weighted by Crippen LogP contribution is -2.20. The van der Waals surface area contributed by atoms with E-state index in [2.05, 4.69) is 90.2 Å². The highest BCUT2D eigenvalue weighted by molar-refractivity contribution is 5.72. The molecule has 1 nitrogen and oxygen atoms in total. The van der Waals surface area contributed by atoms with Gasteiger partial charge in [0.2, 0.25) is 0 Å². The van der Waals surface area contributed by atoms with Crippen molar-refractivity contribution >= 4 is 11.8 Å². The molecule has 0 N–H and O–H groups in total. The quantitative estimate of drug-likeness (QED) is 0.448. The standard InChI is InChI=1S/C21H29N.C4H6.C2H6/c1-9-13-20(16(3)21(5,6)7)22(8)17(4)19-15-12-11-14-18(19)10-2;1-3-4-2;1-2/h9-15H,2,4H2,1,3,5-8H3;3-4H,1-2H2;1-2H3/b13-9-,20-16+;;. The Morgan fingerprint density at radius 3 is 1.89 bits per heavy atom. The van der Waals surface area contributed by atoms with Crippen LogP contribution < -0.4 is 0 Å². The second-order valence-corrected chi connectivity index (χ2v) is 7.03. The minimum absolute atomic E-state index is 0.112. The zero-order valence-electron chi connectivity index (χ0n) is 19.5. The average Bonchev–Trinajstić information content (AvgIpc) is 2.71. The van der Waals surface area contributed by atoms with Gasteiger partial charge in [-0.25, -0.2) is 0 Å². The van der Waals surface area contributed by atoms with E-state index in [1.54, 1.807) is 12.2 Å². The second-order valence-electron chi connectivity index (χ2n) is 7.03. The Hall–Kier alpha value is -2.54. The largest absolute Gasteiger partial charge is 0.345 e. The van der Waals surface area contributed by atoms with Crippen LogP contribution in [0.25, 0.3) is 11.8 Å². The Bertz CT molecular complexity index is 687. The van der Waals surface area contributed by atoms with E-state index in [-0.39, 0.29) is 5.41 Å². The lowest BCUT2D eigenvalue weighted by Gasteiger charge is -2.30. The predicted octanol–water partition coefficient (Wildman–Crippen LogP) is 8.51. The molecule has 0 spiro atoms. The number of likely N-dealkylation sites (N-methyl/N-ethyl adjacent to an activating group) is 1. The number of hydrogen-bond acceptors (Lipinski definition) is 1. The first-order valence-corrected chi connectivity index (χ1v) is 9.87. The molecular weight excluding hydrogens is 338 g/mol. The highest BCUT2D eigenvalue weighted by Crippen LogP contribution is 2.32. The maximum absolute atomic E-state index is 4.31. The van der Waals surface area contributed by atoms with Crippen LogP contribution in [0.2, 0.25) is 0 Å². The third kappa shape index (κ3) is 8.90. The Kier molecular flexibility index (Phi) is 14.3. The summed E-state index contributed by atoms with van der Waals surface area (Å²) in [7, 11) is 2.08. The molecule has 0 aromatic heterocycles. The summed E-state index contributed by atoms with van der Waals surface area (Å²) in [6, 6.07) is 8.22. The molecule has 0 unspecified atom stereocenters. The van der Waals surface area contributed by atoms with Gasteiger partial charge in [-0.2, -0.15) is 0 Å². The van der Waals surface area contributed by atoms with Crippen LogP contribution in [0.1, 0.15) is 59.6 Å². The van der Waals surface area contributed by atoms with E-state index >= 15 is 0 Å². The first-order chi connectivity index (χ1) is 13.1. The van der Waals surface area contributed by atoms with Gasteiger partial charge in [-0.15, -0.1) is 0 Å². The fraction of sp³-hybridized carbons (Fsp3) is 0.333. The lowest BCUT2D eigenvalue weighted by molar-refractivity contribution is 0.475. The van der Waals surface area contributed by atoms with E-state index in [4.69, 9.17) is 0 Å². The van der Waals surface area contributed by atoms with Crippen molar-refractivity contribution in [1.82, 2.24) is 4.90 Å². The molecule has 0 fully saturated rings. The van der Waals surface area contributed by atoms with Crippen molar-refractivity contribution in [2.75, 3.05) is 7.05 Å². The minimum atomic E-state index is 0.112. The van der Waals surface area contributed by atoms with E-state index in [1.807, 2.05) is 39.0 Å². The molecule has 0 heterocycles. The highest BCUT2D eigenvalue weighted by Gasteiger charge is 2.20. The SMILES string of the molecule is C=CC=C.C=Cc1ccccc1C(=C)N(C)C(/C=C\C)=C(\C)C(C)(C)C.CC. The topological polar surface area (TPSA) is 3.24 Å². The molecule has 154 valence electrons. The summed E-state index contributed by atoms with van der Waals surface area (Å²) < 4.78 is 0. The average molecular weight is 380 g/mol. The van der Waals surface area contributed by atoms with Crippen molar-refractivity contribution in [3.8, 4) is 0 Å². The summed E-state index contributed by atoms with van der Waals surface area (Å²) in [5.74, 6) is 0. The summed E-state index contributed by atoms with van der Waals surface area (Å²) in [5, 5.41) is 0. The van der Waals surface area contributed by atoms with Gasteiger partial charge in [0.25, 0.3) is 0 Å². The van der Waals surface area contributed by atoms with E-state index in [0.717, 1.165) is 16.8 Å². The van der Waals surface area contributed by atoms with Crippen molar-refractivity contribution in [1.29, 1.82) is 0 Å². The summed E-state index contributed by atoms with van der Waals surface area (Å²) >= 11 is 0. The molecule has 0 atom stereocenters. The summed E-state index contributed by atoms with van der Waals surface area (Å²) in [6.07, 6.45) is 9.39. The third-order valence-corrected chi connectivity index (χ3v) is 4.26. The van der Waals surface area contributed by atoms with Gasteiger partial charge in [-0.1, -0.05) is 110 Å². The van der Waals surface area contributed by atoms with Crippen molar-refractivity contribution < 1.29 is 0 Å². The van der Waals surface area contributed by atoms with Crippen LogP contribution in [0, 0.1) is 5.41 Å². The Labute approximate surface area is 175 Å². The molecule has 28 heavy (non-hydrogen) atoms. The molecule has 0 bridgehead atoms. The molecule has 0 amide bonds. The molecule has 0 aliphatic carbocycles. The molecule has 0 aliphatic heterocycles. The summed E-state index contributed by atoms with van der Waals surface area (Å²) in [4.78, 5) is 2.17. The second kappa shape index (κ2) is 14.5. The van der Waals surface area contributed by atoms with Crippen LogP contribution in [0.4, 0.5) is 0 Å². The van der Waals surface area contributed by atoms with Gasteiger partial charge in [0.15, 0.2) is 0 Å². The number of allylic oxidation sites excluding steroid dienone is 5. The highest BCUT2D eigenvalue weighted by atomic mass is 15.1. The van der Waals surface area contributed by atoms with Gasteiger partial charge in [-0.3, -0.25) is 0 Å². The van der Waals surface area contributed by atoms with Crippen molar-refractivity contribution in [2.45, 2.75) is 48.5 Å². The predicted molar refractivity (Wildman–Crippen MR) is 132 cm³/mol. The number of hydrogen-bond donors (Lipinski definition) is 0. The monoisotopic (exact) mass is 379 g/mol. The summed E-state index contributed by atoms with van der Waals surface area (Å²) in [5.41, 5.74) is 5.84. The molecule has 1 rings (SSSR count). The first kappa shape index (κ1) is 27.7. The van der Waals surface area contributed by atoms with Gasteiger partial charge >= 0.3 is 0 Å². The smallest absolute Gasteiger partial charge is 0.0414 e. The van der Waals surface area contributed by atoms with Crippen LogP contribution in [-0.2, 0) is 0 Å². The molecule has 0 aliphatic rings. The molecule has 0 saturated heterocycles. The molecule has 1 aromatic carbocycles. The van der Waals surface area contributed by atoms with Gasteiger partial charge < -0.3 is 4.90 Å². The number of benzene rings is 1. The van der Waals surface area contributed by atoms with Crippen molar-refractivity contribution in [2.24, 2.45) is 5.41 Å². The maximum Gasteiger partial charge on any atom is 0.0414 e. The van der Waals surface area contributed by atoms with Crippen molar-refractivity contribution in [3.05, 3.63) is 97.3 Å². The summed E-state index contributed by atoms with van der Waals surface area (Å²) in [6.45, 7) is 29.9. The van der Waals surface area contributed by atoms with E-state index in [0.29, 0.717) is 0 Å². The molecule has 1 aromatic rings. The van der Waals surface area contributed by atoms with Crippen LogP contribution in [0.15, 0.2) is 86.2 Å². The molecule has 0 radical (unpaired) electrons. The Morgan fingerprint density at radius 1 is 1.00 bits per heavy atom. The maximum atomic E-state index is 4.31. The fourth-order valence-electron chi connectivity index (χ4n) is 2.29. The van der Waals surface area contributed by atoms with Crippen LogP contribution in [0.5, 0.6) is 0 Å². The van der Waals surface area contributed by atoms with Crippen LogP contribution in [-0.4, -0.2) is 11.9 Å². The zero-order valence-corrected chi connectivity index (χ0v) is 19.5. The number of nitrogens with zero attached hydrogens (tertiary/aromatic N) is 1.